The number of nitrogens with one attached hydrogen (secondary N) is 2. The molecule has 364 valence electrons. The fourth-order valence-electron chi connectivity index (χ4n) is 12.5. The van der Waals surface area contributed by atoms with Crippen molar-refractivity contribution in [1.29, 1.82) is 0 Å². The van der Waals surface area contributed by atoms with Gasteiger partial charge in [-0.25, -0.2) is 0 Å². The van der Waals surface area contributed by atoms with Gasteiger partial charge in [0, 0.05) is 54.8 Å². The van der Waals surface area contributed by atoms with E-state index in [2.05, 4.69) is 82.8 Å². The summed E-state index contributed by atoms with van der Waals surface area (Å²) in [6, 6.07) is 38.7. The molecular weight excluding hydrogens is 875 g/mol. The number of ketones is 1. The number of aliphatic hydroxyl groups is 1. The quantitative estimate of drug-likeness (QED) is 0.0642. The summed E-state index contributed by atoms with van der Waals surface area (Å²) >= 11 is 0. The number of carbonyl (C=O) groups excluding carboxylic acids is 1. The molecule has 3 heterocycles. The lowest BCUT2D eigenvalue weighted by atomic mass is 9.58. The number of Topliss-reactive ketones (excluding diaryl/α,β-unsaturated/α-hetero) is 1. The number of aliphatic hydroxyl groups excluding tert-OH is 1. The summed E-state index contributed by atoms with van der Waals surface area (Å²) in [6.45, 7) is 6.32. The van der Waals surface area contributed by atoms with Crippen molar-refractivity contribution in [2.45, 2.75) is 95.2 Å². The molecule has 10 rings (SSSR count). The first-order chi connectivity index (χ1) is 34.1. The molecule has 1 aromatic heterocycles. The monoisotopic (exact) mass is 941 g/mol. The van der Waals surface area contributed by atoms with E-state index in [4.69, 9.17) is 14.2 Å². The second kappa shape index (κ2) is 20.5. The Morgan fingerprint density at radius 3 is 2.37 bits per heavy atom. The molecule has 0 radical (unpaired) electrons. The number of nitrogens with zero attached hydrogens (tertiary/aromatic N) is 1. The molecule has 0 bridgehead atoms. The van der Waals surface area contributed by atoms with E-state index in [0.29, 0.717) is 24.3 Å². The standard InChI is InChI=1S/C60H67N3O7/c1-59(28-11-30-60(59)29-10-18-45(60)37-41-14-7-4-8-15-41)52-38-49(58(62-52)63-33-31-61-32-34-63)44-17-9-16-42(36-44)20-26-48-54(67)57(68-2)56(69-35-27-47(65)23-19-40-12-5-3-6-13-40)53-50(66)39-51(70-55(48)53)43-21-24-46(64)25-22-43/h3-9,12-17,19,21-25,36,38,45,47,51,61-62,64-65,67H,10-11,18,20,26-35,37,39H2,1-2H3. The highest BCUT2D eigenvalue weighted by Gasteiger charge is 2.58. The van der Waals surface area contributed by atoms with Crippen molar-refractivity contribution in [3.8, 4) is 39.9 Å². The summed E-state index contributed by atoms with van der Waals surface area (Å²) in [5, 5.41) is 36.6. The number of rotatable bonds is 16. The van der Waals surface area contributed by atoms with Crippen molar-refractivity contribution < 1.29 is 34.3 Å². The van der Waals surface area contributed by atoms with Crippen molar-refractivity contribution in [3.63, 3.8) is 0 Å². The molecule has 0 amide bonds. The van der Waals surface area contributed by atoms with E-state index in [9.17, 15) is 20.1 Å². The Kier molecular flexibility index (Phi) is 13.8. The molecule has 2 aliphatic carbocycles. The van der Waals surface area contributed by atoms with E-state index < -0.39 is 12.2 Å². The van der Waals surface area contributed by atoms with Gasteiger partial charge in [-0.3, -0.25) is 4.79 Å². The second-order valence-electron chi connectivity index (χ2n) is 20.2. The Bertz CT molecular complexity index is 2800. The van der Waals surface area contributed by atoms with Crippen LogP contribution < -0.4 is 24.4 Å². The first-order valence-electron chi connectivity index (χ1n) is 25.4. The Morgan fingerprint density at radius 2 is 1.60 bits per heavy atom. The number of benzene rings is 5. The SMILES string of the molecule is COc1c(O)c(CCc2cccc(-c3cc(C4(C)CCCC45CCCC5Cc4ccccc4)[nH]c3N3CCNCC3)c2)c2c(c1OCCC(O)C=Cc1ccccc1)C(=O)CC(c1ccc(O)cc1)O2. The number of hydrogen-bond acceptors (Lipinski definition) is 9. The van der Waals surface area contributed by atoms with Gasteiger partial charge in [0.1, 0.15) is 29.0 Å². The summed E-state index contributed by atoms with van der Waals surface area (Å²) in [6.07, 6.45) is 11.9. The Hall–Kier alpha value is -6.49. The van der Waals surface area contributed by atoms with Crippen molar-refractivity contribution >= 4 is 17.7 Å². The minimum absolute atomic E-state index is 0.0157. The molecule has 10 nitrogen and oxygen atoms in total. The maximum atomic E-state index is 14.4. The molecule has 2 saturated carbocycles. The molecule has 2 aliphatic heterocycles. The van der Waals surface area contributed by atoms with Gasteiger partial charge in [0.2, 0.25) is 5.75 Å². The van der Waals surface area contributed by atoms with E-state index in [1.54, 1.807) is 30.3 Å². The Labute approximate surface area is 412 Å². The highest BCUT2D eigenvalue weighted by Crippen LogP contribution is 2.65. The van der Waals surface area contributed by atoms with Gasteiger partial charge in [0.25, 0.3) is 0 Å². The van der Waals surface area contributed by atoms with Crippen LogP contribution in [0, 0.1) is 11.3 Å². The van der Waals surface area contributed by atoms with Crippen molar-refractivity contribution in [3.05, 3.63) is 160 Å². The molecule has 10 heteroatoms. The fraction of sp³-hybridized carbons (Fsp3) is 0.383. The molecule has 1 saturated heterocycles. The molecule has 6 aromatic rings. The third-order valence-electron chi connectivity index (χ3n) is 16.2. The second-order valence-corrected chi connectivity index (χ2v) is 20.2. The molecule has 5 unspecified atom stereocenters. The zero-order chi connectivity index (χ0) is 48.2. The lowest BCUT2D eigenvalue weighted by Crippen LogP contribution is -2.44. The van der Waals surface area contributed by atoms with Gasteiger partial charge >= 0.3 is 0 Å². The number of fused-ring (bicyclic) bond motifs is 1. The highest BCUT2D eigenvalue weighted by molar-refractivity contribution is 6.04. The van der Waals surface area contributed by atoms with Crippen molar-refractivity contribution in [2.24, 2.45) is 11.3 Å². The van der Waals surface area contributed by atoms with Gasteiger partial charge in [-0.15, -0.1) is 0 Å². The summed E-state index contributed by atoms with van der Waals surface area (Å²) in [7, 11) is 1.46. The third kappa shape index (κ3) is 9.31. The van der Waals surface area contributed by atoms with E-state index in [0.717, 1.165) is 54.9 Å². The van der Waals surface area contributed by atoms with Crippen molar-refractivity contribution in [2.75, 3.05) is 44.8 Å². The minimum atomic E-state index is -0.811. The number of methoxy groups -OCH3 is 1. The van der Waals surface area contributed by atoms with Gasteiger partial charge in [-0.1, -0.05) is 129 Å². The average Bonchev–Trinajstić information content (AvgIpc) is 4.12. The molecule has 1 spiro atoms. The molecule has 4 aliphatic rings. The molecule has 5 aromatic carbocycles. The van der Waals surface area contributed by atoms with Crippen molar-refractivity contribution in [1.82, 2.24) is 10.3 Å². The fourth-order valence-corrected chi connectivity index (χ4v) is 12.5. The van der Waals surface area contributed by atoms with E-state index >= 15 is 0 Å². The number of aryl methyl sites for hydroxylation is 1. The normalized spacial score (nSPS) is 22.6. The van der Waals surface area contributed by atoms with Crippen LogP contribution in [-0.4, -0.2) is 72.1 Å². The molecule has 5 atom stereocenters. The third-order valence-corrected chi connectivity index (χ3v) is 16.2. The van der Waals surface area contributed by atoms with Crippen LogP contribution in [0.2, 0.25) is 0 Å². The van der Waals surface area contributed by atoms with Gasteiger partial charge in [0.15, 0.2) is 17.3 Å². The minimum Gasteiger partial charge on any atom is -0.508 e. The predicted molar refractivity (Wildman–Crippen MR) is 277 cm³/mol. The number of aromatic nitrogens is 1. The van der Waals surface area contributed by atoms with Crippen LogP contribution in [0.3, 0.4) is 0 Å². The molecular formula is C60H67N3O7. The van der Waals surface area contributed by atoms with Gasteiger partial charge in [-0.05, 0) is 102 Å². The highest BCUT2D eigenvalue weighted by atomic mass is 16.5. The number of aromatic hydroxyl groups is 2. The van der Waals surface area contributed by atoms with Crippen LogP contribution in [0.4, 0.5) is 5.82 Å². The number of piperazine rings is 1. The van der Waals surface area contributed by atoms with Gasteiger partial charge in [-0.2, -0.15) is 0 Å². The summed E-state index contributed by atoms with van der Waals surface area (Å²) in [4.78, 5) is 21.0. The van der Waals surface area contributed by atoms with Crippen LogP contribution in [0.15, 0.2) is 121 Å². The summed E-state index contributed by atoms with van der Waals surface area (Å²) < 4.78 is 18.9. The number of anilines is 1. The number of ether oxygens (including phenoxy) is 3. The molecule has 3 fully saturated rings. The number of phenolic OH excluding ortho intramolecular Hbond substituents is 2. The van der Waals surface area contributed by atoms with Gasteiger partial charge < -0.3 is 44.7 Å². The van der Waals surface area contributed by atoms with Crippen LogP contribution in [0.1, 0.15) is 108 Å². The maximum Gasteiger partial charge on any atom is 0.204 e. The zero-order valence-electron chi connectivity index (χ0n) is 40.6. The number of carbonyl (C=O) groups is 1. The number of phenols is 2. The lowest BCUT2D eigenvalue weighted by Gasteiger charge is -2.46. The zero-order valence-corrected chi connectivity index (χ0v) is 40.6. The molecule has 5 N–H and O–H groups in total. The number of H-pyrrole nitrogens is 1. The summed E-state index contributed by atoms with van der Waals surface area (Å²) in [5.41, 5.74) is 8.86. The van der Waals surface area contributed by atoms with Gasteiger partial charge in [0.05, 0.1) is 26.2 Å². The van der Waals surface area contributed by atoms with Crippen LogP contribution in [0.5, 0.6) is 28.7 Å². The van der Waals surface area contributed by atoms with Crippen LogP contribution >= 0.6 is 0 Å². The van der Waals surface area contributed by atoms with E-state index in [-0.39, 0.29) is 70.4 Å². The average molecular weight is 942 g/mol. The maximum absolute atomic E-state index is 14.4. The topological polar surface area (TPSA) is 137 Å². The first kappa shape index (κ1) is 47.2. The van der Waals surface area contributed by atoms with E-state index in [1.165, 1.54) is 68.3 Å². The first-order valence-corrected chi connectivity index (χ1v) is 25.4. The largest absolute Gasteiger partial charge is 0.508 e. The van der Waals surface area contributed by atoms with E-state index in [1.807, 2.05) is 36.4 Å². The Balaban J connectivity index is 0.958. The van der Waals surface area contributed by atoms with Crippen LogP contribution in [0.25, 0.3) is 17.2 Å². The number of hydrogen-bond donors (Lipinski definition) is 5. The smallest absolute Gasteiger partial charge is 0.204 e. The van der Waals surface area contributed by atoms with Crippen LogP contribution in [-0.2, 0) is 24.7 Å². The Morgan fingerprint density at radius 1 is 0.857 bits per heavy atom. The molecule has 70 heavy (non-hydrogen) atoms. The summed E-state index contributed by atoms with van der Waals surface area (Å²) in [5.74, 6) is 1.99. The number of aromatic amines is 1. The predicted octanol–water partition coefficient (Wildman–Crippen LogP) is 11.3. The lowest BCUT2D eigenvalue weighted by molar-refractivity contribution is 0.0836.